The molecule has 0 saturated heterocycles. The molecule has 2 atom stereocenters. The first-order chi connectivity index (χ1) is 8.77. The summed E-state index contributed by atoms with van der Waals surface area (Å²) in [6.45, 7) is 2.33. The van der Waals surface area contributed by atoms with Crippen molar-refractivity contribution >= 4 is 11.3 Å². The number of thiazole rings is 1. The highest BCUT2D eigenvalue weighted by Crippen LogP contribution is 2.43. The SMILES string of the molecule is CCC1CCCC(NC)(c2nc3c(s2)CCC3)C1. The molecule has 0 aliphatic heterocycles. The average Bonchev–Trinajstić information content (AvgIpc) is 2.99. The Kier molecular flexibility index (Phi) is 3.46. The van der Waals surface area contributed by atoms with E-state index >= 15 is 0 Å². The molecule has 2 aliphatic rings. The summed E-state index contributed by atoms with van der Waals surface area (Å²) < 4.78 is 0. The van der Waals surface area contributed by atoms with E-state index in [1.165, 1.54) is 62.1 Å². The monoisotopic (exact) mass is 264 g/mol. The van der Waals surface area contributed by atoms with Crippen LogP contribution < -0.4 is 5.32 Å². The van der Waals surface area contributed by atoms with Crippen molar-refractivity contribution in [2.24, 2.45) is 5.92 Å². The molecule has 100 valence electrons. The summed E-state index contributed by atoms with van der Waals surface area (Å²) in [5.74, 6) is 0.880. The highest BCUT2D eigenvalue weighted by atomic mass is 32.1. The summed E-state index contributed by atoms with van der Waals surface area (Å²) in [6, 6.07) is 0. The predicted molar refractivity (Wildman–Crippen MR) is 77.1 cm³/mol. The number of rotatable bonds is 3. The van der Waals surface area contributed by atoms with Crippen molar-refractivity contribution in [1.29, 1.82) is 0 Å². The van der Waals surface area contributed by atoms with E-state index in [0.29, 0.717) is 0 Å². The maximum Gasteiger partial charge on any atom is 0.113 e. The number of hydrogen-bond acceptors (Lipinski definition) is 3. The lowest BCUT2D eigenvalue weighted by Crippen LogP contribution is -2.44. The fourth-order valence-corrected chi connectivity index (χ4v) is 5.05. The molecule has 1 fully saturated rings. The number of nitrogens with zero attached hydrogens (tertiary/aromatic N) is 1. The Morgan fingerprint density at radius 3 is 3.00 bits per heavy atom. The van der Waals surface area contributed by atoms with Crippen LogP contribution in [0.25, 0.3) is 0 Å². The largest absolute Gasteiger partial charge is 0.308 e. The fraction of sp³-hybridized carbons (Fsp3) is 0.800. The maximum absolute atomic E-state index is 4.98. The van der Waals surface area contributed by atoms with Gasteiger partial charge in [0.05, 0.1) is 11.2 Å². The molecule has 1 N–H and O–H groups in total. The second-order valence-corrected chi connectivity index (χ2v) is 7.03. The number of aryl methyl sites for hydroxylation is 2. The van der Waals surface area contributed by atoms with Gasteiger partial charge in [-0.15, -0.1) is 11.3 Å². The van der Waals surface area contributed by atoms with E-state index < -0.39 is 0 Å². The van der Waals surface area contributed by atoms with Gasteiger partial charge in [-0.05, 0) is 45.1 Å². The highest BCUT2D eigenvalue weighted by molar-refractivity contribution is 7.12. The molecule has 18 heavy (non-hydrogen) atoms. The smallest absolute Gasteiger partial charge is 0.113 e. The third-order valence-electron chi connectivity index (χ3n) is 4.91. The van der Waals surface area contributed by atoms with Gasteiger partial charge < -0.3 is 5.32 Å². The topological polar surface area (TPSA) is 24.9 Å². The van der Waals surface area contributed by atoms with Crippen LogP contribution in [0, 0.1) is 5.92 Å². The molecular weight excluding hydrogens is 240 g/mol. The van der Waals surface area contributed by atoms with Crippen molar-refractivity contribution in [3.05, 3.63) is 15.6 Å². The summed E-state index contributed by atoms with van der Waals surface area (Å²) in [7, 11) is 2.13. The summed E-state index contributed by atoms with van der Waals surface area (Å²) in [6.07, 6.45) is 10.4. The van der Waals surface area contributed by atoms with Crippen LogP contribution in [-0.4, -0.2) is 12.0 Å². The minimum Gasteiger partial charge on any atom is -0.308 e. The lowest BCUT2D eigenvalue weighted by Gasteiger charge is -2.39. The van der Waals surface area contributed by atoms with Crippen LogP contribution in [-0.2, 0) is 18.4 Å². The van der Waals surface area contributed by atoms with Gasteiger partial charge in [0.1, 0.15) is 5.01 Å². The van der Waals surface area contributed by atoms with Crippen molar-refractivity contribution in [3.63, 3.8) is 0 Å². The first kappa shape index (κ1) is 12.6. The van der Waals surface area contributed by atoms with Crippen LogP contribution in [0.1, 0.15) is 61.0 Å². The zero-order chi connectivity index (χ0) is 12.6. The molecule has 3 heteroatoms. The maximum atomic E-state index is 4.98. The summed E-state index contributed by atoms with van der Waals surface area (Å²) in [4.78, 5) is 6.55. The van der Waals surface area contributed by atoms with Gasteiger partial charge >= 0.3 is 0 Å². The normalized spacial score (nSPS) is 31.6. The van der Waals surface area contributed by atoms with Crippen molar-refractivity contribution < 1.29 is 0 Å². The lowest BCUT2D eigenvalue weighted by atomic mass is 9.75. The van der Waals surface area contributed by atoms with Crippen LogP contribution >= 0.6 is 11.3 Å². The third kappa shape index (κ3) is 2.01. The molecule has 2 aliphatic carbocycles. The van der Waals surface area contributed by atoms with Crippen molar-refractivity contribution in [1.82, 2.24) is 10.3 Å². The molecule has 1 aromatic heterocycles. The van der Waals surface area contributed by atoms with Crippen molar-refractivity contribution in [2.45, 2.75) is 63.8 Å². The van der Waals surface area contributed by atoms with Gasteiger partial charge in [-0.1, -0.05) is 26.2 Å². The van der Waals surface area contributed by atoms with Crippen LogP contribution in [0.15, 0.2) is 0 Å². The number of nitrogens with one attached hydrogen (secondary N) is 1. The van der Waals surface area contributed by atoms with E-state index in [2.05, 4.69) is 19.3 Å². The van der Waals surface area contributed by atoms with E-state index in [9.17, 15) is 0 Å². The van der Waals surface area contributed by atoms with Gasteiger partial charge in [0, 0.05) is 4.88 Å². The second-order valence-electron chi connectivity index (χ2n) is 5.95. The Bertz CT molecular complexity index is 405. The fourth-order valence-electron chi connectivity index (χ4n) is 3.66. The zero-order valence-corrected chi connectivity index (χ0v) is 12.4. The van der Waals surface area contributed by atoms with Gasteiger partial charge in [-0.25, -0.2) is 4.98 Å². The first-order valence-electron chi connectivity index (χ1n) is 7.45. The Morgan fingerprint density at radius 1 is 1.39 bits per heavy atom. The molecule has 0 spiro atoms. The van der Waals surface area contributed by atoms with E-state index in [1.54, 1.807) is 4.88 Å². The Hall–Kier alpha value is -0.410. The molecule has 0 radical (unpaired) electrons. The third-order valence-corrected chi connectivity index (χ3v) is 6.28. The Morgan fingerprint density at radius 2 is 2.28 bits per heavy atom. The Labute approximate surface area is 114 Å². The van der Waals surface area contributed by atoms with E-state index in [0.717, 1.165) is 5.92 Å². The van der Waals surface area contributed by atoms with Crippen LogP contribution in [0.2, 0.25) is 0 Å². The van der Waals surface area contributed by atoms with Crippen molar-refractivity contribution in [2.75, 3.05) is 7.05 Å². The second kappa shape index (κ2) is 4.93. The lowest BCUT2D eigenvalue weighted by molar-refractivity contribution is 0.185. The zero-order valence-electron chi connectivity index (χ0n) is 11.6. The summed E-state index contributed by atoms with van der Waals surface area (Å²) in [5, 5.41) is 5.02. The number of aromatic nitrogens is 1. The van der Waals surface area contributed by atoms with E-state index in [1.807, 2.05) is 11.3 Å². The molecular formula is C15H24N2S. The van der Waals surface area contributed by atoms with Crippen LogP contribution in [0.4, 0.5) is 0 Å². The van der Waals surface area contributed by atoms with Gasteiger partial charge in [0.15, 0.2) is 0 Å². The minimum atomic E-state index is 0.188. The van der Waals surface area contributed by atoms with Gasteiger partial charge in [0.2, 0.25) is 0 Å². The first-order valence-corrected chi connectivity index (χ1v) is 8.27. The molecule has 2 nitrogen and oxygen atoms in total. The van der Waals surface area contributed by atoms with Gasteiger partial charge in [-0.2, -0.15) is 0 Å². The molecule has 0 aromatic carbocycles. The molecule has 2 unspecified atom stereocenters. The molecule has 1 saturated carbocycles. The van der Waals surface area contributed by atoms with Gasteiger partial charge in [-0.3, -0.25) is 0 Å². The highest BCUT2D eigenvalue weighted by Gasteiger charge is 2.39. The standard InChI is InChI=1S/C15H24N2S/c1-3-11-6-5-9-15(10-11,16-2)14-17-12-7-4-8-13(12)18-14/h11,16H,3-10H2,1-2H3. The molecule has 3 rings (SSSR count). The average molecular weight is 264 g/mol. The van der Waals surface area contributed by atoms with Crippen LogP contribution in [0.3, 0.4) is 0 Å². The number of fused-ring (bicyclic) bond motifs is 1. The summed E-state index contributed by atoms with van der Waals surface area (Å²) >= 11 is 1.99. The van der Waals surface area contributed by atoms with Gasteiger partial charge in [0.25, 0.3) is 0 Å². The molecule has 1 aromatic rings. The molecule has 0 amide bonds. The number of hydrogen-bond donors (Lipinski definition) is 1. The Balaban J connectivity index is 1.89. The van der Waals surface area contributed by atoms with Crippen LogP contribution in [0.5, 0.6) is 0 Å². The van der Waals surface area contributed by atoms with E-state index in [-0.39, 0.29) is 5.54 Å². The molecule has 0 bridgehead atoms. The summed E-state index contributed by atoms with van der Waals surface area (Å²) in [5.41, 5.74) is 1.59. The van der Waals surface area contributed by atoms with Crippen molar-refractivity contribution in [3.8, 4) is 0 Å². The molecule has 1 heterocycles. The minimum absolute atomic E-state index is 0.188. The predicted octanol–water partition coefficient (Wildman–Crippen LogP) is 3.65. The van der Waals surface area contributed by atoms with E-state index in [4.69, 9.17) is 4.98 Å². The quantitative estimate of drug-likeness (QED) is 0.901.